The highest BCUT2D eigenvalue weighted by Crippen LogP contribution is 2.22. The van der Waals surface area contributed by atoms with Crippen molar-refractivity contribution in [2.24, 2.45) is 0 Å². The summed E-state index contributed by atoms with van der Waals surface area (Å²) in [4.78, 5) is 1.75. The third-order valence-electron chi connectivity index (χ3n) is 2.58. The highest BCUT2D eigenvalue weighted by Gasteiger charge is 2.33. The van der Waals surface area contributed by atoms with Crippen LogP contribution in [0.3, 0.4) is 0 Å². The van der Waals surface area contributed by atoms with E-state index in [0.29, 0.717) is 24.6 Å². The van der Waals surface area contributed by atoms with Crippen LogP contribution >= 0.6 is 11.8 Å². The Morgan fingerprint density at radius 3 is 2.73 bits per heavy atom. The predicted octanol–water partition coefficient (Wildman–Crippen LogP) is 1.18. The summed E-state index contributed by atoms with van der Waals surface area (Å²) in [6.45, 7) is 4.24. The Bertz CT molecular complexity index is 327. The number of rotatable bonds is 3. The monoisotopic (exact) mass is 250 g/mol. The molecule has 1 N–H and O–H groups in total. The molecule has 6 heteroatoms. The van der Waals surface area contributed by atoms with E-state index in [1.807, 2.05) is 6.92 Å². The van der Waals surface area contributed by atoms with Gasteiger partial charge in [0.2, 0.25) is 0 Å². The first-order valence-corrected chi connectivity index (χ1v) is 8.03. The molecule has 0 aromatic rings. The number of hydrogen-bond acceptors (Lipinski definition) is 4. The van der Waals surface area contributed by atoms with Crippen molar-refractivity contribution >= 4 is 27.4 Å². The van der Waals surface area contributed by atoms with Gasteiger partial charge in [0.25, 0.3) is 0 Å². The minimum Gasteiger partial charge on any atom is -0.342 e. The maximum Gasteiger partial charge on any atom is 0.171 e. The van der Waals surface area contributed by atoms with E-state index in [1.165, 1.54) is 0 Å². The lowest BCUT2D eigenvalue weighted by molar-refractivity contribution is 0.400. The molecule has 1 aliphatic rings. The molecule has 1 unspecified atom stereocenters. The van der Waals surface area contributed by atoms with Gasteiger partial charge < -0.3 is 4.90 Å². The number of thioether (sulfide) groups is 1. The molecule has 0 aliphatic carbocycles. The van der Waals surface area contributed by atoms with E-state index >= 15 is 0 Å². The number of hydrogen-bond donors (Lipinski definition) is 1. The molecule has 1 aliphatic heterocycles. The van der Waals surface area contributed by atoms with Gasteiger partial charge in [-0.2, -0.15) is 11.8 Å². The summed E-state index contributed by atoms with van der Waals surface area (Å²) in [5.41, 5.74) is 0. The molecule has 0 amide bonds. The molecular weight excluding hydrogens is 232 g/mol. The van der Waals surface area contributed by atoms with Crippen LogP contribution in [0, 0.1) is 5.41 Å². The molecule has 0 bridgehead atoms. The maximum atomic E-state index is 11.8. The summed E-state index contributed by atoms with van der Waals surface area (Å²) in [6.07, 6.45) is 0.598. The van der Waals surface area contributed by atoms with Crippen molar-refractivity contribution in [3.8, 4) is 0 Å². The summed E-state index contributed by atoms with van der Waals surface area (Å²) in [5.74, 6) is 2.11. The fraction of sp³-hybridized carbons (Fsp3) is 0.889. The highest BCUT2D eigenvalue weighted by molar-refractivity contribution is 8.01. The van der Waals surface area contributed by atoms with Gasteiger partial charge in [-0.25, -0.2) is 8.42 Å². The lowest BCUT2D eigenvalue weighted by Crippen LogP contribution is -2.50. The van der Waals surface area contributed by atoms with Crippen LogP contribution in [0.2, 0.25) is 0 Å². The van der Waals surface area contributed by atoms with E-state index < -0.39 is 15.2 Å². The lowest BCUT2D eigenvalue weighted by Gasteiger charge is -2.36. The first-order chi connectivity index (χ1) is 7.03. The minimum atomic E-state index is -3.06. The Morgan fingerprint density at radius 2 is 2.20 bits per heavy atom. The van der Waals surface area contributed by atoms with Crippen molar-refractivity contribution in [2.75, 3.05) is 23.8 Å². The van der Waals surface area contributed by atoms with Crippen LogP contribution in [0.4, 0.5) is 0 Å². The van der Waals surface area contributed by atoms with E-state index in [4.69, 9.17) is 5.41 Å². The molecule has 1 saturated heterocycles. The molecular formula is C9H18N2O2S2. The SMILES string of the molecule is CCC(=N)N1CCSCC1S(=O)(=O)CC. The number of sulfone groups is 1. The van der Waals surface area contributed by atoms with Crippen LogP contribution in [0.1, 0.15) is 20.3 Å². The van der Waals surface area contributed by atoms with Crippen molar-refractivity contribution in [1.29, 1.82) is 5.41 Å². The van der Waals surface area contributed by atoms with E-state index in [9.17, 15) is 8.42 Å². The van der Waals surface area contributed by atoms with Gasteiger partial charge in [0, 0.05) is 30.2 Å². The molecule has 1 atom stereocenters. The van der Waals surface area contributed by atoms with Gasteiger partial charge in [0.15, 0.2) is 9.84 Å². The average Bonchev–Trinajstić information content (AvgIpc) is 2.28. The fourth-order valence-electron chi connectivity index (χ4n) is 1.58. The molecule has 1 heterocycles. The molecule has 4 nitrogen and oxygen atoms in total. The Balaban J connectivity index is 2.88. The van der Waals surface area contributed by atoms with Crippen molar-refractivity contribution in [3.63, 3.8) is 0 Å². The van der Waals surface area contributed by atoms with Gasteiger partial charge in [0.05, 0.1) is 5.84 Å². The van der Waals surface area contributed by atoms with E-state index in [-0.39, 0.29) is 5.75 Å². The van der Waals surface area contributed by atoms with Crippen LogP contribution in [0.15, 0.2) is 0 Å². The first kappa shape index (κ1) is 12.8. The van der Waals surface area contributed by atoms with Gasteiger partial charge in [0.1, 0.15) is 5.37 Å². The Morgan fingerprint density at radius 1 is 1.53 bits per heavy atom. The summed E-state index contributed by atoms with van der Waals surface area (Å²) < 4.78 is 23.7. The molecule has 1 rings (SSSR count). The quantitative estimate of drug-likeness (QED) is 0.603. The van der Waals surface area contributed by atoms with Crippen molar-refractivity contribution in [3.05, 3.63) is 0 Å². The molecule has 0 spiro atoms. The second-order valence-corrected chi connectivity index (χ2v) is 7.07. The topological polar surface area (TPSA) is 61.2 Å². The molecule has 0 saturated carbocycles. The van der Waals surface area contributed by atoms with Crippen molar-refractivity contribution < 1.29 is 8.42 Å². The van der Waals surface area contributed by atoms with E-state index in [2.05, 4.69) is 0 Å². The molecule has 0 radical (unpaired) electrons. The van der Waals surface area contributed by atoms with Gasteiger partial charge >= 0.3 is 0 Å². The van der Waals surface area contributed by atoms with Gasteiger partial charge in [-0.15, -0.1) is 0 Å². The van der Waals surface area contributed by atoms with Crippen molar-refractivity contribution in [1.82, 2.24) is 4.90 Å². The van der Waals surface area contributed by atoms with Crippen LogP contribution in [-0.2, 0) is 9.84 Å². The van der Waals surface area contributed by atoms with Crippen LogP contribution in [-0.4, -0.2) is 48.3 Å². The first-order valence-electron chi connectivity index (χ1n) is 5.16. The van der Waals surface area contributed by atoms with Crippen LogP contribution in [0.5, 0.6) is 0 Å². The number of nitrogens with zero attached hydrogens (tertiary/aromatic N) is 1. The maximum absolute atomic E-state index is 11.8. The highest BCUT2D eigenvalue weighted by atomic mass is 32.2. The van der Waals surface area contributed by atoms with Crippen LogP contribution in [0.25, 0.3) is 0 Å². The Labute approximate surface area is 95.8 Å². The smallest absolute Gasteiger partial charge is 0.171 e. The van der Waals surface area contributed by atoms with E-state index in [1.54, 1.807) is 23.6 Å². The molecule has 88 valence electrons. The predicted molar refractivity (Wildman–Crippen MR) is 65.3 cm³/mol. The Hall–Kier alpha value is -0.230. The minimum absolute atomic E-state index is 0.158. The zero-order valence-electron chi connectivity index (χ0n) is 9.19. The lowest BCUT2D eigenvalue weighted by atomic mass is 10.3. The third-order valence-corrected chi connectivity index (χ3v) is 5.87. The number of amidine groups is 1. The van der Waals surface area contributed by atoms with Gasteiger partial charge in [-0.1, -0.05) is 13.8 Å². The molecule has 1 fully saturated rings. The standard InChI is InChI=1S/C9H18N2O2S2/c1-3-8(10)11-5-6-14-7-9(11)15(12,13)4-2/h9-10H,3-7H2,1-2H3. The van der Waals surface area contributed by atoms with Crippen molar-refractivity contribution in [2.45, 2.75) is 25.6 Å². The fourth-order valence-corrected chi connectivity index (χ4v) is 4.58. The van der Waals surface area contributed by atoms with Gasteiger partial charge in [-0.3, -0.25) is 5.41 Å². The zero-order valence-corrected chi connectivity index (χ0v) is 10.8. The number of nitrogens with one attached hydrogen (secondary N) is 1. The summed E-state index contributed by atoms with van der Waals surface area (Å²) in [7, 11) is -3.06. The molecule has 0 aromatic carbocycles. The second-order valence-electron chi connectivity index (χ2n) is 3.47. The largest absolute Gasteiger partial charge is 0.342 e. The van der Waals surface area contributed by atoms with Gasteiger partial charge in [-0.05, 0) is 0 Å². The van der Waals surface area contributed by atoms with E-state index in [0.717, 1.165) is 5.75 Å². The summed E-state index contributed by atoms with van der Waals surface area (Å²) >= 11 is 1.66. The Kier molecular flexibility index (Phi) is 4.45. The third kappa shape index (κ3) is 2.87. The van der Waals surface area contributed by atoms with Crippen LogP contribution < -0.4 is 0 Å². The summed E-state index contributed by atoms with van der Waals surface area (Å²) in [6, 6.07) is 0. The summed E-state index contributed by atoms with van der Waals surface area (Å²) in [5, 5.41) is 7.29. The average molecular weight is 250 g/mol. The second kappa shape index (κ2) is 5.21. The molecule has 0 aromatic heterocycles. The molecule has 15 heavy (non-hydrogen) atoms. The normalized spacial score (nSPS) is 22.8. The zero-order chi connectivity index (χ0) is 11.5.